The van der Waals surface area contributed by atoms with Crippen molar-refractivity contribution in [3.8, 4) is 0 Å². The minimum absolute atomic E-state index is 0.117. The summed E-state index contributed by atoms with van der Waals surface area (Å²) in [6, 6.07) is 8.60. The first-order valence-corrected chi connectivity index (χ1v) is 8.48. The van der Waals surface area contributed by atoms with Gasteiger partial charge in [0, 0.05) is 24.2 Å². The summed E-state index contributed by atoms with van der Waals surface area (Å²) in [4.78, 5) is 4.52. The summed E-state index contributed by atoms with van der Waals surface area (Å²) in [6.45, 7) is 4.64. The maximum absolute atomic E-state index is 13.0. The van der Waals surface area contributed by atoms with E-state index in [4.69, 9.17) is 5.73 Å². The van der Waals surface area contributed by atoms with Crippen LogP contribution < -0.4 is 5.73 Å². The van der Waals surface area contributed by atoms with Gasteiger partial charge in [0.05, 0.1) is 10.4 Å². The van der Waals surface area contributed by atoms with Crippen LogP contribution in [0.15, 0.2) is 41.4 Å². The molecule has 1 aromatic carbocycles. The van der Waals surface area contributed by atoms with E-state index >= 15 is 0 Å². The molecule has 0 amide bonds. The first kappa shape index (κ1) is 15.9. The highest BCUT2D eigenvalue weighted by atomic mass is 32.2. The third kappa shape index (κ3) is 3.23. The molecule has 0 unspecified atom stereocenters. The van der Waals surface area contributed by atoms with Crippen molar-refractivity contribution >= 4 is 20.9 Å². The molecule has 0 spiro atoms. The van der Waals surface area contributed by atoms with Crippen LogP contribution in [0.3, 0.4) is 0 Å². The monoisotopic (exact) mass is 307 g/mol. The van der Waals surface area contributed by atoms with Gasteiger partial charge in [0.15, 0.2) is 0 Å². The average Bonchev–Trinajstić information content (AvgIpc) is 2.46. The zero-order valence-electron chi connectivity index (χ0n) is 12.4. The highest BCUT2D eigenvalue weighted by Gasteiger charge is 2.28. The maximum atomic E-state index is 13.0. The molecule has 114 valence electrons. The Labute approximate surface area is 125 Å². The number of pyridine rings is 1. The molecule has 0 bridgehead atoms. The number of hydrogen-bond donors (Lipinski definition) is 1. The number of fused-ring (bicyclic) bond motifs is 1. The van der Waals surface area contributed by atoms with Crippen LogP contribution in [-0.2, 0) is 10.0 Å². The van der Waals surface area contributed by atoms with Gasteiger partial charge in [0.25, 0.3) is 0 Å². The highest BCUT2D eigenvalue weighted by molar-refractivity contribution is 7.89. The van der Waals surface area contributed by atoms with Gasteiger partial charge in [-0.25, -0.2) is 8.42 Å². The molecule has 5 nitrogen and oxygen atoms in total. The fourth-order valence-electron chi connectivity index (χ4n) is 2.33. The minimum Gasteiger partial charge on any atom is -0.330 e. The molecule has 0 saturated heterocycles. The minimum atomic E-state index is -3.56. The molecule has 1 aromatic heterocycles. The number of rotatable bonds is 6. The van der Waals surface area contributed by atoms with E-state index < -0.39 is 10.0 Å². The lowest BCUT2D eigenvalue weighted by Gasteiger charge is -2.26. The predicted molar refractivity (Wildman–Crippen MR) is 84.4 cm³/mol. The lowest BCUT2D eigenvalue weighted by atomic mass is 10.2. The fourth-order valence-corrected chi connectivity index (χ4v) is 4.21. The first-order chi connectivity index (χ1) is 9.98. The van der Waals surface area contributed by atoms with Gasteiger partial charge >= 0.3 is 0 Å². The molecular formula is C15H21N3O2S. The molecule has 2 aromatic rings. The Morgan fingerprint density at radius 1 is 1.24 bits per heavy atom. The summed E-state index contributed by atoms with van der Waals surface area (Å²) in [7, 11) is -3.56. The van der Waals surface area contributed by atoms with Crippen LogP contribution in [-0.4, -0.2) is 36.8 Å². The lowest BCUT2D eigenvalue weighted by Crippen LogP contribution is -2.38. The number of hydrogen-bond acceptors (Lipinski definition) is 4. The second-order valence-corrected chi connectivity index (χ2v) is 7.04. The van der Waals surface area contributed by atoms with Gasteiger partial charge < -0.3 is 5.73 Å². The van der Waals surface area contributed by atoms with Crippen molar-refractivity contribution < 1.29 is 8.42 Å². The van der Waals surface area contributed by atoms with Crippen LogP contribution in [0.1, 0.15) is 20.3 Å². The largest absolute Gasteiger partial charge is 0.330 e. The standard InChI is InChI=1S/C15H21N3O2S/c1-12(2)18(11-5-9-16)21(19,20)15-8-3-7-14-13(15)6-4-10-17-14/h3-4,6-8,10,12H,5,9,11,16H2,1-2H3. The Balaban J connectivity index is 2.54. The zero-order valence-corrected chi connectivity index (χ0v) is 13.2. The molecular weight excluding hydrogens is 286 g/mol. The SMILES string of the molecule is CC(C)N(CCCN)S(=O)(=O)c1cccc2ncccc12. The van der Waals surface area contributed by atoms with Gasteiger partial charge in [-0.3, -0.25) is 4.98 Å². The molecule has 21 heavy (non-hydrogen) atoms. The maximum Gasteiger partial charge on any atom is 0.243 e. The molecule has 6 heteroatoms. The van der Waals surface area contributed by atoms with Crippen molar-refractivity contribution in [3.05, 3.63) is 36.5 Å². The Morgan fingerprint density at radius 3 is 2.67 bits per heavy atom. The Bertz CT molecular complexity index is 708. The highest BCUT2D eigenvalue weighted by Crippen LogP contribution is 2.25. The molecule has 0 fully saturated rings. The van der Waals surface area contributed by atoms with Crippen molar-refractivity contribution in [2.24, 2.45) is 5.73 Å². The summed E-state index contributed by atoms with van der Waals surface area (Å²) in [5.41, 5.74) is 6.20. The molecule has 2 rings (SSSR count). The zero-order chi connectivity index (χ0) is 15.5. The van der Waals surface area contributed by atoms with Gasteiger partial charge in [-0.15, -0.1) is 0 Å². The van der Waals surface area contributed by atoms with Crippen molar-refractivity contribution in [2.45, 2.75) is 31.2 Å². The van der Waals surface area contributed by atoms with E-state index in [1.807, 2.05) is 19.9 Å². The molecule has 0 atom stereocenters. The van der Waals surface area contributed by atoms with E-state index in [1.165, 1.54) is 4.31 Å². The third-order valence-electron chi connectivity index (χ3n) is 3.35. The number of nitrogens with two attached hydrogens (primary N) is 1. The van der Waals surface area contributed by atoms with E-state index in [2.05, 4.69) is 4.98 Å². The third-order valence-corrected chi connectivity index (χ3v) is 5.48. The van der Waals surface area contributed by atoms with Crippen LogP contribution in [0.4, 0.5) is 0 Å². The molecule has 2 N–H and O–H groups in total. The fraction of sp³-hybridized carbons (Fsp3) is 0.400. The second-order valence-electron chi connectivity index (χ2n) is 5.18. The molecule has 0 saturated carbocycles. The van der Waals surface area contributed by atoms with Gasteiger partial charge in [0.2, 0.25) is 10.0 Å². The summed E-state index contributed by atoms with van der Waals surface area (Å²) in [6.07, 6.45) is 2.30. The number of benzene rings is 1. The molecule has 0 aliphatic carbocycles. The lowest BCUT2D eigenvalue weighted by molar-refractivity contribution is 0.351. The Hall–Kier alpha value is -1.50. The second kappa shape index (κ2) is 6.51. The van der Waals surface area contributed by atoms with E-state index in [0.29, 0.717) is 35.3 Å². The summed E-state index contributed by atoms with van der Waals surface area (Å²) in [5, 5.41) is 0.651. The molecule has 0 aliphatic rings. The predicted octanol–water partition coefficient (Wildman–Crippen LogP) is 1.98. The topological polar surface area (TPSA) is 76.3 Å². The Kier molecular flexibility index (Phi) is 4.92. The number of nitrogens with zero attached hydrogens (tertiary/aromatic N) is 2. The average molecular weight is 307 g/mol. The van der Waals surface area contributed by atoms with Crippen LogP contribution in [0.5, 0.6) is 0 Å². The van der Waals surface area contributed by atoms with E-state index in [0.717, 1.165) is 0 Å². The van der Waals surface area contributed by atoms with Crippen molar-refractivity contribution in [3.63, 3.8) is 0 Å². The van der Waals surface area contributed by atoms with E-state index in [1.54, 1.807) is 30.5 Å². The van der Waals surface area contributed by atoms with Crippen LogP contribution in [0, 0.1) is 0 Å². The van der Waals surface area contributed by atoms with Gasteiger partial charge in [-0.05, 0) is 51.1 Å². The number of aromatic nitrogens is 1. The summed E-state index contributed by atoms with van der Waals surface area (Å²) in [5.74, 6) is 0. The van der Waals surface area contributed by atoms with Gasteiger partial charge in [-0.1, -0.05) is 6.07 Å². The van der Waals surface area contributed by atoms with E-state index in [-0.39, 0.29) is 6.04 Å². The first-order valence-electron chi connectivity index (χ1n) is 7.04. The molecule has 1 heterocycles. The smallest absolute Gasteiger partial charge is 0.243 e. The Morgan fingerprint density at radius 2 is 2.00 bits per heavy atom. The van der Waals surface area contributed by atoms with E-state index in [9.17, 15) is 8.42 Å². The van der Waals surface area contributed by atoms with Crippen molar-refractivity contribution in [2.75, 3.05) is 13.1 Å². The summed E-state index contributed by atoms with van der Waals surface area (Å²) < 4.78 is 27.4. The van der Waals surface area contributed by atoms with Crippen LogP contribution in [0.2, 0.25) is 0 Å². The normalized spacial score (nSPS) is 12.4. The van der Waals surface area contributed by atoms with Crippen molar-refractivity contribution in [1.29, 1.82) is 0 Å². The van der Waals surface area contributed by atoms with Gasteiger partial charge in [-0.2, -0.15) is 4.31 Å². The molecule has 0 radical (unpaired) electrons. The van der Waals surface area contributed by atoms with Crippen molar-refractivity contribution in [1.82, 2.24) is 9.29 Å². The molecule has 0 aliphatic heterocycles. The van der Waals surface area contributed by atoms with Gasteiger partial charge in [0.1, 0.15) is 0 Å². The summed E-state index contributed by atoms with van der Waals surface area (Å²) >= 11 is 0. The number of sulfonamides is 1. The van der Waals surface area contributed by atoms with Crippen LogP contribution >= 0.6 is 0 Å². The van der Waals surface area contributed by atoms with Crippen LogP contribution in [0.25, 0.3) is 10.9 Å². The quantitative estimate of drug-likeness (QED) is 0.885.